The van der Waals surface area contributed by atoms with Crippen LogP contribution in [0.5, 0.6) is 17.2 Å². The lowest BCUT2D eigenvalue weighted by atomic mass is 10.0. The van der Waals surface area contributed by atoms with Crippen LogP contribution in [0.4, 0.5) is 5.69 Å². The number of carbonyl (C=O) groups excluding carboxylic acids is 1. The number of sulfonamides is 1. The maximum Gasteiger partial charge on any atom is 0.243 e. The van der Waals surface area contributed by atoms with Gasteiger partial charge in [-0.2, -0.15) is 4.31 Å². The van der Waals surface area contributed by atoms with Crippen molar-refractivity contribution < 1.29 is 27.4 Å². The van der Waals surface area contributed by atoms with E-state index < -0.39 is 16.1 Å². The first kappa shape index (κ1) is 22.9. The number of ether oxygens (including phenoxy) is 3. The Morgan fingerprint density at radius 2 is 1.68 bits per heavy atom. The Morgan fingerprint density at radius 3 is 2.32 bits per heavy atom. The fourth-order valence-corrected chi connectivity index (χ4v) is 5.40. The molecule has 0 bridgehead atoms. The Labute approximate surface area is 183 Å². The van der Waals surface area contributed by atoms with Crippen LogP contribution < -0.4 is 19.5 Å². The Kier molecular flexibility index (Phi) is 7.40. The second-order valence-electron chi connectivity index (χ2n) is 7.26. The average Bonchev–Trinajstić information content (AvgIpc) is 2.79. The molecule has 9 heteroatoms. The summed E-state index contributed by atoms with van der Waals surface area (Å²) in [5, 5.41) is 2.83. The van der Waals surface area contributed by atoms with Gasteiger partial charge in [-0.15, -0.1) is 0 Å². The number of anilines is 1. The van der Waals surface area contributed by atoms with Gasteiger partial charge in [0.1, 0.15) is 17.2 Å². The van der Waals surface area contributed by atoms with Crippen molar-refractivity contribution in [1.29, 1.82) is 0 Å². The van der Waals surface area contributed by atoms with Crippen molar-refractivity contribution in [3.63, 3.8) is 0 Å². The van der Waals surface area contributed by atoms with Crippen LogP contribution in [0.2, 0.25) is 0 Å². The Bertz CT molecular complexity index is 1010. The summed E-state index contributed by atoms with van der Waals surface area (Å²) in [6, 6.07) is 11.0. The molecule has 0 spiro atoms. The molecular formula is C22H28N2O6S. The van der Waals surface area contributed by atoms with Gasteiger partial charge in [-0.3, -0.25) is 4.79 Å². The van der Waals surface area contributed by atoms with E-state index >= 15 is 0 Å². The Balaban J connectivity index is 1.77. The number of amides is 1. The van der Waals surface area contributed by atoms with Crippen LogP contribution >= 0.6 is 0 Å². The number of hydrogen-bond donors (Lipinski definition) is 1. The minimum atomic E-state index is -3.73. The van der Waals surface area contributed by atoms with Crippen LogP contribution in [-0.4, -0.2) is 52.5 Å². The molecule has 0 saturated carbocycles. The number of rotatable bonds is 8. The number of piperidine rings is 1. The fourth-order valence-electron chi connectivity index (χ4n) is 3.70. The smallest absolute Gasteiger partial charge is 0.243 e. The first-order valence-electron chi connectivity index (χ1n) is 10.1. The van der Waals surface area contributed by atoms with Crippen molar-refractivity contribution in [2.24, 2.45) is 0 Å². The van der Waals surface area contributed by atoms with E-state index in [9.17, 15) is 13.2 Å². The molecule has 0 aromatic heterocycles. The van der Waals surface area contributed by atoms with Gasteiger partial charge in [0.25, 0.3) is 0 Å². The third-order valence-electron chi connectivity index (χ3n) is 5.34. The van der Waals surface area contributed by atoms with Crippen LogP contribution in [0.1, 0.15) is 25.7 Å². The molecule has 1 unspecified atom stereocenters. The van der Waals surface area contributed by atoms with Crippen LogP contribution in [0.3, 0.4) is 0 Å². The summed E-state index contributed by atoms with van der Waals surface area (Å²) in [6.45, 7) is 0.384. The molecule has 1 aliphatic rings. The molecule has 168 valence electrons. The molecular weight excluding hydrogens is 420 g/mol. The van der Waals surface area contributed by atoms with E-state index in [1.165, 1.54) is 37.8 Å². The third kappa shape index (κ3) is 5.29. The van der Waals surface area contributed by atoms with Gasteiger partial charge in [0.15, 0.2) is 0 Å². The van der Waals surface area contributed by atoms with E-state index in [4.69, 9.17) is 14.2 Å². The normalized spacial score (nSPS) is 17.1. The minimum Gasteiger partial charge on any atom is -0.497 e. The zero-order valence-electron chi connectivity index (χ0n) is 18.0. The van der Waals surface area contributed by atoms with Crippen molar-refractivity contribution in [3.8, 4) is 17.2 Å². The molecule has 0 radical (unpaired) electrons. The zero-order valence-corrected chi connectivity index (χ0v) is 18.8. The van der Waals surface area contributed by atoms with Crippen molar-refractivity contribution in [2.75, 3.05) is 33.2 Å². The second kappa shape index (κ2) is 10.0. The summed E-state index contributed by atoms with van der Waals surface area (Å²) in [4.78, 5) is 13.0. The number of methoxy groups -OCH3 is 3. The average molecular weight is 449 g/mol. The van der Waals surface area contributed by atoms with E-state index in [1.54, 1.807) is 30.3 Å². The number of hydrogen-bond acceptors (Lipinski definition) is 6. The van der Waals surface area contributed by atoms with Crippen molar-refractivity contribution in [2.45, 2.75) is 36.6 Å². The quantitative estimate of drug-likeness (QED) is 0.666. The molecule has 3 rings (SSSR count). The van der Waals surface area contributed by atoms with E-state index in [0.29, 0.717) is 35.9 Å². The standard InChI is InChI=1S/C22H28N2O6S/c1-28-17-7-10-19(11-8-17)31(26,27)24-13-5-4-6-16(24)14-22(25)23-20-15-18(29-2)9-12-21(20)30-3/h7-12,15-16H,4-6,13-14H2,1-3H3,(H,23,25). The van der Waals surface area contributed by atoms with Gasteiger partial charge in [-0.05, 0) is 49.2 Å². The molecule has 1 saturated heterocycles. The summed E-state index contributed by atoms with van der Waals surface area (Å²) in [5.74, 6) is 1.38. The highest BCUT2D eigenvalue weighted by Crippen LogP contribution is 2.31. The van der Waals surface area contributed by atoms with Crippen molar-refractivity contribution in [1.82, 2.24) is 4.31 Å². The Hall–Kier alpha value is -2.78. The molecule has 2 aromatic carbocycles. The highest BCUT2D eigenvalue weighted by Gasteiger charge is 2.34. The fraction of sp³-hybridized carbons (Fsp3) is 0.409. The van der Waals surface area contributed by atoms with Crippen LogP contribution in [-0.2, 0) is 14.8 Å². The number of carbonyl (C=O) groups is 1. The first-order chi connectivity index (χ1) is 14.9. The molecule has 2 aromatic rings. The molecule has 0 aliphatic carbocycles. The number of benzene rings is 2. The summed E-state index contributed by atoms with van der Waals surface area (Å²) in [7, 11) is 0.857. The summed E-state index contributed by atoms with van der Waals surface area (Å²) in [6.07, 6.45) is 2.31. The maximum atomic E-state index is 13.2. The SMILES string of the molecule is COc1ccc(S(=O)(=O)N2CCCCC2CC(=O)Nc2cc(OC)ccc2OC)cc1. The van der Waals surface area contributed by atoms with Gasteiger partial charge in [-0.1, -0.05) is 6.42 Å². The molecule has 1 aliphatic heterocycles. The Morgan fingerprint density at radius 1 is 1.00 bits per heavy atom. The molecule has 1 heterocycles. The predicted molar refractivity (Wildman–Crippen MR) is 117 cm³/mol. The van der Waals surface area contributed by atoms with Crippen molar-refractivity contribution in [3.05, 3.63) is 42.5 Å². The highest BCUT2D eigenvalue weighted by atomic mass is 32.2. The molecule has 1 atom stereocenters. The molecule has 31 heavy (non-hydrogen) atoms. The number of nitrogens with one attached hydrogen (secondary N) is 1. The van der Waals surface area contributed by atoms with E-state index in [1.807, 2.05) is 0 Å². The van der Waals surface area contributed by atoms with E-state index in [-0.39, 0.29) is 17.2 Å². The lowest BCUT2D eigenvalue weighted by Gasteiger charge is -2.34. The van der Waals surface area contributed by atoms with Crippen LogP contribution in [0, 0.1) is 0 Å². The molecule has 8 nitrogen and oxygen atoms in total. The largest absolute Gasteiger partial charge is 0.497 e. The van der Waals surface area contributed by atoms with Gasteiger partial charge in [0.2, 0.25) is 15.9 Å². The summed E-state index contributed by atoms with van der Waals surface area (Å²) < 4.78 is 43.5. The maximum absolute atomic E-state index is 13.2. The topological polar surface area (TPSA) is 94.2 Å². The predicted octanol–water partition coefficient (Wildman–Crippen LogP) is 3.28. The van der Waals surface area contributed by atoms with Gasteiger partial charge >= 0.3 is 0 Å². The van der Waals surface area contributed by atoms with Gasteiger partial charge in [0, 0.05) is 25.1 Å². The zero-order chi connectivity index (χ0) is 22.4. The lowest BCUT2D eigenvalue weighted by Crippen LogP contribution is -2.45. The number of nitrogens with zero attached hydrogens (tertiary/aromatic N) is 1. The van der Waals surface area contributed by atoms with E-state index in [2.05, 4.69) is 5.32 Å². The van der Waals surface area contributed by atoms with Gasteiger partial charge in [-0.25, -0.2) is 8.42 Å². The third-order valence-corrected chi connectivity index (χ3v) is 7.31. The van der Waals surface area contributed by atoms with Crippen LogP contribution in [0.25, 0.3) is 0 Å². The molecule has 1 N–H and O–H groups in total. The van der Waals surface area contributed by atoms with Crippen molar-refractivity contribution >= 4 is 21.6 Å². The minimum absolute atomic E-state index is 0.0513. The summed E-state index contributed by atoms with van der Waals surface area (Å²) in [5.41, 5.74) is 0.479. The monoisotopic (exact) mass is 448 g/mol. The molecule has 1 amide bonds. The van der Waals surface area contributed by atoms with Crippen LogP contribution in [0.15, 0.2) is 47.4 Å². The molecule has 1 fully saturated rings. The van der Waals surface area contributed by atoms with Gasteiger partial charge in [0.05, 0.1) is 31.9 Å². The van der Waals surface area contributed by atoms with Gasteiger partial charge < -0.3 is 19.5 Å². The first-order valence-corrected chi connectivity index (χ1v) is 11.5. The van der Waals surface area contributed by atoms with E-state index in [0.717, 1.165) is 12.8 Å². The lowest BCUT2D eigenvalue weighted by molar-refractivity contribution is -0.117. The highest BCUT2D eigenvalue weighted by molar-refractivity contribution is 7.89. The summed E-state index contributed by atoms with van der Waals surface area (Å²) >= 11 is 0. The second-order valence-corrected chi connectivity index (χ2v) is 9.15.